The van der Waals surface area contributed by atoms with Crippen LogP contribution in [0.5, 0.6) is 0 Å². The third-order valence-electron chi connectivity index (χ3n) is 3.89. The fourth-order valence-electron chi connectivity index (χ4n) is 2.69. The van der Waals surface area contributed by atoms with E-state index in [4.69, 9.17) is 0 Å². The summed E-state index contributed by atoms with van der Waals surface area (Å²) >= 11 is 0. The van der Waals surface area contributed by atoms with Gasteiger partial charge in [0.25, 0.3) is 0 Å². The molecule has 3 aromatic rings. The van der Waals surface area contributed by atoms with Crippen molar-refractivity contribution in [1.29, 1.82) is 0 Å². The number of hydrogen-bond donors (Lipinski definition) is 0. The van der Waals surface area contributed by atoms with Gasteiger partial charge in [0.2, 0.25) is 0 Å². The molecule has 1 aromatic heterocycles. The van der Waals surface area contributed by atoms with Crippen molar-refractivity contribution in [2.75, 3.05) is 0 Å². The maximum atomic E-state index is 4.68. The number of pyridine rings is 1. The highest BCUT2D eigenvalue weighted by molar-refractivity contribution is 5.70. The summed E-state index contributed by atoms with van der Waals surface area (Å²) in [6.07, 6.45) is 3.00. The second-order valence-corrected chi connectivity index (χ2v) is 5.26. The highest BCUT2D eigenvalue weighted by Gasteiger charge is 2.06. The molecular formula is C20H19N. The highest BCUT2D eigenvalue weighted by atomic mass is 14.7. The van der Waals surface area contributed by atoms with E-state index >= 15 is 0 Å². The summed E-state index contributed by atoms with van der Waals surface area (Å²) in [5.41, 5.74) is 7.32. The second-order valence-electron chi connectivity index (χ2n) is 5.26. The molecule has 2 aromatic carbocycles. The second kappa shape index (κ2) is 5.92. The highest BCUT2D eigenvalue weighted by Crippen LogP contribution is 2.26. The predicted octanol–water partition coefficient (Wildman–Crippen LogP) is 5.29. The first-order valence-electron chi connectivity index (χ1n) is 7.40. The molecule has 0 unspecified atom stereocenters. The SMILES string of the molecule is CCc1ccccc1-c1ccc(-c2ccccc2C)cn1. The zero-order chi connectivity index (χ0) is 14.7. The molecular weight excluding hydrogens is 254 g/mol. The van der Waals surface area contributed by atoms with Crippen molar-refractivity contribution in [3.8, 4) is 22.4 Å². The largest absolute Gasteiger partial charge is 0.256 e. The minimum atomic E-state index is 1.03. The van der Waals surface area contributed by atoms with Crippen molar-refractivity contribution in [1.82, 2.24) is 4.98 Å². The van der Waals surface area contributed by atoms with E-state index in [0.29, 0.717) is 0 Å². The maximum Gasteiger partial charge on any atom is 0.0705 e. The molecule has 0 fully saturated rings. The average Bonchev–Trinajstić information content (AvgIpc) is 2.55. The van der Waals surface area contributed by atoms with Gasteiger partial charge in [-0.2, -0.15) is 0 Å². The monoisotopic (exact) mass is 273 g/mol. The third kappa shape index (κ3) is 2.73. The maximum absolute atomic E-state index is 4.68. The van der Waals surface area contributed by atoms with Gasteiger partial charge in [0, 0.05) is 17.3 Å². The van der Waals surface area contributed by atoms with Crippen LogP contribution in [0.25, 0.3) is 22.4 Å². The van der Waals surface area contributed by atoms with Crippen molar-refractivity contribution in [2.24, 2.45) is 0 Å². The molecule has 0 saturated carbocycles. The quantitative estimate of drug-likeness (QED) is 0.632. The van der Waals surface area contributed by atoms with Crippen molar-refractivity contribution >= 4 is 0 Å². The number of rotatable bonds is 3. The summed E-state index contributed by atoms with van der Waals surface area (Å²) in [5.74, 6) is 0. The Bertz CT molecular complexity index is 742. The van der Waals surface area contributed by atoms with Crippen LogP contribution in [-0.2, 0) is 6.42 Å². The Morgan fingerprint density at radius 2 is 1.52 bits per heavy atom. The Labute approximate surface area is 126 Å². The summed E-state index contributed by atoms with van der Waals surface area (Å²) in [4.78, 5) is 4.68. The lowest BCUT2D eigenvalue weighted by atomic mass is 9.99. The smallest absolute Gasteiger partial charge is 0.0705 e. The van der Waals surface area contributed by atoms with Crippen LogP contribution in [0.15, 0.2) is 66.9 Å². The Balaban J connectivity index is 2.00. The molecule has 0 bridgehead atoms. The molecule has 0 N–H and O–H groups in total. The van der Waals surface area contributed by atoms with E-state index in [9.17, 15) is 0 Å². The molecule has 0 aliphatic heterocycles. The van der Waals surface area contributed by atoms with Gasteiger partial charge < -0.3 is 0 Å². The molecule has 104 valence electrons. The van der Waals surface area contributed by atoms with Gasteiger partial charge in [-0.3, -0.25) is 4.98 Å². The van der Waals surface area contributed by atoms with Gasteiger partial charge in [0.1, 0.15) is 0 Å². The van der Waals surface area contributed by atoms with E-state index < -0.39 is 0 Å². The summed E-state index contributed by atoms with van der Waals surface area (Å²) in [7, 11) is 0. The van der Waals surface area contributed by atoms with E-state index in [1.165, 1.54) is 27.8 Å². The predicted molar refractivity (Wildman–Crippen MR) is 89.2 cm³/mol. The van der Waals surface area contributed by atoms with Crippen molar-refractivity contribution in [2.45, 2.75) is 20.3 Å². The molecule has 0 aliphatic rings. The topological polar surface area (TPSA) is 12.9 Å². The van der Waals surface area contributed by atoms with E-state index in [1.807, 2.05) is 6.20 Å². The molecule has 0 radical (unpaired) electrons. The van der Waals surface area contributed by atoms with Crippen LogP contribution in [-0.4, -0.2) is 4.98 Å². The van der Waals surface area contributed by atoms with Gasteiger partial charge in [-0.1, -0.05) is 61.5 Å². The average molecular weight is 273 g/mol. The van der Waals surface area contributed by atoms with Crippen LogP contribution < -0.4 is 0 Å². The molecule has 3 rings (SSSR count). The number of aromatic nitrogens is 1. The van der Waals surface area contributed by atoms with Crippen LogP contribution in [0.2, 0.25) is 0 Å². The van der Waals surface area contributed by atoms with E-state index in [0.717, 1.165) is 12.1 Å². The lowest BCUT2D eigenvalue weighted by Crippen LogP contribution is -1.91. The molecule has 0 amide bonds. The molecule has 0 aliphatic carbocycles. The number of hydrogen-bond acceptors (Lipinski definition) is 1. The summed E-state index contributed by atoms with van der Waals surface area (Å²) in [6.45, 7) is 4.32. The number of nitrogens with zero attached hydrogens (tertiary/aromatic N) is 1. The molecule has 21 heavy (non-hydrogen) atoms. The first kappa shape index (κ1) is 13.6. The summed E-state index contributed by atoms with van der Waals surface area (Å²) in [6, 6.07) is 21.2. The first-order chi connectivity index (χ1) is 10.3. The summed E-state index contributed by atoms with van der Waals surface area (Å²) < 4.78 is 0. The van der Waals surface area contributed by atoms with Crippen molar-refractivity contribution < 1.29 is 0 Å². The molecule has 1 heterocycles. The van der Waals surface area contributed by atoms with Crippen LogP contribution in [0.4, 0.5) is 0 Å². The fraction of sp³-hybridized carbons (Fsp3) is 0.150. The lowest BCUT2D eigenvalue weighted by molar-refractivity contribution is 1.13. The van der Waals surface area contributed by atoms with Gasteiger partial charge in [-0.25, -0.2) is 0 Å². The third-order valence-corrected chi connectivity index (χ3v) is 3.89. The molecule has 0 atom stereocenters. The Morgan fingerprint density at radius 3 is 2.19 bits per heavy atom. The Kier molecular flexibility index (Phi) is 3.83. The summed E-state index contributed by atoms with van der Waals surface area (Å²) in [5, 5.41) is 0. The fourth-order valence-corrected chi connectivity index (χ4v) is 2.69. The van der Waals surface area contributed by atoms with Gasteiger partial charge in [0.05, 0.1) is 5.69 Å². The molecule has 1 heteroatoms. The normalized spacial score (nSPS) is 10.6. The van der Waals surface area contributed by atoms with Crippen molar-refractivity contribution in [3.05, 3.63) is 78.0 Å². The van der Waals surface area contributed by atoms with E-state index in [2.05, 4.69) is 79.5 Å². The van der Waals surface area contributed by atoms with Gasteiger partial charge >= 0.3 is 0 Å². The van der Waals surface area contributed by atoms with E-state index in [1.54, 1.807) is 0 Å². The zero-order valence-electron chi connectivity index (χ0n) is 12.5. The minimum absolute atomic E-state index is 1.03. The Hall–Kier alpha value is -2.41. The molecule has 0 saturated heterocycles. The van der Waals surface area contributed by atoms with Gasteiger partial charge in [0.15, 0.2) is 0 Å². The van der Waals surface area contributed by atoms with Gasteiger partial charge in [-0.15, -0.1) is 0 Å². The minimum Gasteiger partial charge on any atom is -0.256 e. The lowest BCUT2D eigenvalue weighted by Gasteiger charge is -2.09. The molecule has 1 nitrogen and oxygen atoms in total. The molecule has 0 spiro atoms. The first-order valence-corrected chi connectivity index (χ1v) is 7.40. The van der Waals surface area contributed by atoms with Gasteiger partial charge in [-0.05, 0) is 36.1 Å². The number of aryl methyl sites for hydroxylation is 2. The standard InChI is InChI=1S/C20H19N/c1-3-16-9-5-7-11-19(16)20-13-12-17(14-21-20)18-10-6-4-8-15(18)2/h4-14H,3H2,1-2H3. The van der Waals surface area contributed by atoms with Crippen LogP contribution in [0.1, 0.15) is 18.1 Å². The zero-order valence-corrected chi connectivity index (χ0v) is 12.5. The van der Waals surface area contributed by atoms with E-state index in [-0.39, 0.29) is 0 Å². The van der Waals surface area contributed by atoms with Crippen LogP contribution in [0.3, 0.4) is 0 Å². The van der Waals surface area contributed by atoms with Crippen LogP contribution >= 0.6 is 0 Å². The Morgan fingerprint density at radius 1 is 0.810 bits per heavy atom. The van der Waals surface area contributed by atoms with Crippen LogP contribution in [0, 0.1) is 6.92 Å². The number of benzene rings is 2. The van der Waals surface area contributed by atoms with Crippen molar-refractivity contribution in [3.63, 3.8) is 0 Å².